The van der Waals surface area contributed by atoms with Crippen LogP contribution in [0.25, 0.3) is 0 Å². The second kappa shape index (κ2) is 5.25. The number of hydrogen-bond donors (Lipinski definition) is 1. The van der Waals surface area contributed by atoms with Gasteiger partial charge in [0.2, 0.25) is 10.0 Å². The molecule has 0 aromatic heterocycles. The lowest BCUT2D eigenvalue weighted by Gasteiger charge is -2.20. The van der Waals surface area contributed by atoms with Crippen molar-refractivity contribution in [3.63, 3.8) is 0 Å². The molecule has 0 bridgehead atoms. The highest BCUT2D eigenvalue weighted by atomic mass is 32.2. The number of nitrogens with two attached hydrogens (primary N) is 1. The first-order chi connectivity index (χ1) is 6.92. The smallest absolute Gasteiger partial charge is 0.216 e. The molecule has 0 spiro atoms. The topological polar surface area (TPSA) is 72.6 Å². The van der Waals surface area contributed by atoms with Crippen LogP contribution in [0.15, 0.2) is 0 Å². The molecule has 90 valence electrons. The van der Waals surface area contributed by atoms with Crippen LogP contribution in [-0.2, 0) is 14.8 Å². The van der Waals surface area contributed by atoms with Crippen LogP contribution >= 0.6 is 0 Å². The number of likely N-dealkylation sites (N-methyl/N-ethyl adjacent to an activating group) is 1. The Kier molecular flexibility index (Phi) is 4.51. The Morgan fingerprint density at radius 1 is 1.60 bits per heavy atom. The van der Waals surface area contributed by atoms with E-state index in [0.29, 0.717) is 13.2 Å². The molecule has 1 fully saturated rings. The summed E-state index contributed by atoms with van der Waals surface area (Å²) < 4.78 is 30.3. The van der Waals surface area contributed by atoms with E-state index in [-0.39, 0.29) is 17.9 Å². The first-order valence-corrected chi connectivity index (χ1v) is 6.84. The maximum absolute atomic E-state index is 11.8. The van der Waals surface area contributed by atoms with Crippen molar-refractivity contribution in [3.8, 4) is 0 Å². The average molecular weight is 236 g/mol. The molecule has 1 rings (SSSR count). The minimum absolute atomic E-state index is 0.0796. The molecule has 2 atom stereocenters. The van der Waals surface area contributed by atoms with Gasteiger partial charge in [-0.05, 0) is 19.8 Å². The van der Waals surface area contributed by atoms with Gasteiger partial charge in [0.25, 0.3) is 0 Å². The summed E-state index contributed by atoms with van der Waals surface area (Å²) in [5, 5.41) is 0. The number of sulfonamides is 1. The molecule has 0 aliphatic carbocycles. The molecule has 2 unspecified atom stereocenters. The molecule has 0 saturated carbocycles. The SMILES string of the molecule is CC(N)CN(C)S(=O)(=O)CC1CCCO1. The molecule has 1 aliphatic heterocycles. The Bertz CT molecular complexity index is 284. The van der Waals surface area contributed by atoms with Gasteiger partial charge in [-0.2, -0.15) is 0 Å². The van der Waals surface area contributed by atoms with Crippen molar-refractivity contribution in [2.45, 2.75) is 31.9 Å². The van der Waals surface area contributed by atoms with Crippen molar-refractivity contribution >= 4 is 10.0 Å². The van der Waals surface area contributed by atoms with Gasteiger partial charge in [-0.15, -0.1) is 0 Å². The van der Waals surface area contributed by atoms with E-state index in [2.05, 4.69) is 0 Å². The molecule has 2 N–H and O–H groups in total. The van der Waals surface area contributed by atoms with E-state index in [1.54, 1.807) is 14.0 Å². The van der Waals surface area contributed by atoms with Crippen LogP contribution in [0.2, 0.25) is 0 Å². The van der Waals surface area contributed by atoms with E-state index in [9.17, 15) is 8.42 Å². The first-order valence-electron chi connectivity index (χ1n) is 5.23. The fraction of sp³-hybridized carbons (Fsp3) is 1.00. The predicted octanol–water partition coefficient (Wildman–Crippen LogP) is -0.226. The zero-order chi connectivity index (χ0) is 11.5. The largest absolute Gasteiger partial charge is 0.377 e. The van der Waals surface area contributed by atoms with Crippen molar-refractivity contribution in [3.05, 3.63) is 0 Å². The summed E-state index contributed by atoms with van der Waals surface area (Å²) >= 11 is 0. The summed E-state index contributed by atoms with van der Waals surface area (Å²) in [4.78, 5) is 0. The third-order valence-electron chi connectivity index (χ3n) is 2.44. The zero-order valence-electron chi connectivity index (χ0n) is 9.35. The van der Waals surface area contributed by atoms with Gasteiger partial charge in [-0.25, -0.2) is 12.7 Å². The van der Waals surface area contributed by atoms with Crippen LogP contribution in [0.5, 0.6) is 0 Å². The van der Waals surface area contributed by atoms with Gasteiger partial charge in [0.15, 0.2) is 0 Å². The predicted molar refractivity (Wildman–Crippen MR) is 59.0 cm³/mol. The molecule has 0 aromatic rings. The molecule has 1 aliphatic rings. The fourth-order valence-electron chi connectivity index (χ4n) is 1.66. The molecular weight excluding hydrogens is 216 g/mol. The standard InChI is InChI=1S/C9H20N2O3S/c1-8(10)6-11(2)15(12,13)7-9-4-3-5-14-9/h8-9H,3-7,10H2,1-2H3. The lowest BCUT2D eigenvalue weighted by molar-refractivity contribution is 0.126. The molecule has 1 saturated heterocycles. The summed E-state index contributed by atoms with van der Waals surface area (Å²) in [5.74, 6) is 0.0796. The summed E-state index contributed by atoms with van der Waals surface area (Å²) in [7, 11) is -1.65. The third kappa shape index (κ3) is 4.06. The van der Waals surface area contributed by atoms with Crippen LogP contribution in [0.1, 0.15) is 19.8 Å². The highest BCUT2D eigenvalue weighted by molar-refractivity contribution is 7.89. The number of nitrogens with zero attached hydrogens (tertiary/aromatic N) is 1. The van der Waals surface area contributed by atoms with Crippen LogP contribution in [0.4, 0.5) is 0 Å². The molecule has 0 amide bonds. The zero-order valence-corrected chi connectivity index (χ0v) is 10.2. The Hall–Kier alpha value is -0.170. The van der Waals surface area contributed by atoms with Gasteiger partial charge in [0, 0.05) is 26.2 Å². The molecule has 0 radical (unpaired) electrons. The summed E-state index contributed by atoms with van der Waals surface area (Å²) in [6.45, 7) is 2.82. The lowest BCUT2D eigenvalue weighted by Crippen LogP contribution is -2.40. The molecule has 0 aromatic carbocycles. The minimum atomic E-state index is -3.21. The maximum Gasteiger partial charge on any atom is 0.216 e. The lowest BCUT2D eigenvalue weighted by atomic mass is 10.3. The number of rotatable bonds is 5. The second-order valence-corrected chi connectivity index (χ2v) is 6.29. The average Bonchev–Trinajstić information content (AvgIpc) is 2.54. The van der Waals surface area contributed by atoms with Gasteiger partial charge >= 0.3 is 0 Å². The first kappa shape index (κ1) is 12.9. The Balaban J connectivity index is 2.49. The molecular formula is C9H20N2O3S. The highest BCUT2D eigenvalue weighted by Gasteiger charge is 2.26. The Morgan fingerprint density at radius 3 is 2.73 bits per heavy atom. The van der Waals surface area contributed by atoms with E-state index >= 15 is 0 Å². The van der Waals surface area contributed by atoms with Gasteiger partial charge in [0.1, 0.15) is 0 Å². The fourth-order valence-corrected chi connectivity index (χ4v) is 3.11. The van der Waals surface area contributed by atoms with Crippen LogP contribution in [-0.4, -0.2) is 50.8 Å². The van der Waals surface area contributed by atoms with Crippen molar-refractivity contribution in [2.75, 3.05) is 26.0 Å². The number of hydrogen-bond acceptors (Lipinski definition) is 4. The molecule has 6 heteroatoms. The normalized spacial score (nSPS) is 24.7. The summed E-state index contributed by atoms with van der Waals surface area (Å²) in [5.41, 5.74) is 5.56. The van der Waals surface area contributed by atoms with Crippen LogP contribution < -0.4 is 5.73 Å². The van der Waals surface area contributed by atoms with Crippen molar-refractivity contribution in [1.82, 2.24) is 4.31 Å². The second-order valence-electron chi connectivity index (χ2n) is 4.17. The molecule has 5 nitrogen and oxygen atoms in total. The van der Waals surface area contributed by atoms with Gasteiger partial charge in [-0.3, -0.25) is 0 Å². The molecule has 15 heavy (non-hydrogen) atoms. The Labute approximate surface area is 91.6 Å². The maximum atomic E-state index is 11.8. The number of ether oxygens (including phenoxy) is 1. The van der Waals surface area contributed by atoms with E-state index < -0.39 is 10.0 Å². The van der Waals surface area contributed by atoms with Crippen molar-refractivity contribution in [1.29, 1.82) is 0 Å². The van der Waals surface area contributed by atoms with Crippen molar-refractivity contribution < 1.29 is 13.2 Å². The van der Waals surface area contributed by atoms with Crippen LogP contribution in [0.3, 0.4) is 0 Å². The monoisotopic (exact) mass is 236 g/mol. The van der Waals surface area contributed by atoms with Crippen molar-refractivity contribution in [2.24, 2.45) is 5.73 Å². The van der Waals surface area contributed by atoms with Gasteiger partial charge < -0.3 is 10.5 Å². The van der Waals surface area contributed by atoms with E-state index in [4.69, 9.17) is 10.5 Å². The van der Waals surface area contributed by atoms with Gasteiger partial charge in [-0.1, -0.05) is 0 Å². The Morgan fingerprint density at radius 2 is 2.27 bits per heavy atom. The minimum Gasteiger partial charge on any atom is -0.377 e. The van der Waals surface area contributed by atoms with E-state index in [1.807, 2.05) is 0 Å². The third-order valence-corrected chi connectivity index (χ3v) is 4.33. The van der Waals surface area contributed by atoms with E-state index in [0.717, 1.165) is 12.8 Å². The molecule has 1 heterocycles. The highest BCUT2D eigenvalue weighted by Crippen LogP contribution is 2.15. The van der Waals surface area contributed by atoms with E-state index in [1.165, 1.54) is 4.31 Å². The van der Waals surface area contributed by atoms with Crippen LogP contribution in [0, 0.1) is 0 Å². The quantitative estimate of drug-likeness (QED) is 0.716. The van der Waals surface area contributed by atoms with Gasteiger partial charge in [0.05, 0.1) is 11.9 Å². The summed E-state index contributed by atoms with van der Waals surface area (Å²) in [6.07, 6.45) is 1.66. The summed E-state index contributed by atoms with van der Waals surface area (Å²) in [6, 6.07) is -0.144.